The van der Waals surface area contributed by atoms with Gasteiger partial charge in [-0.05, 0) is 50.0 Å². The van der Waals surface area contributed by atoms with Crippen LogP contribution in [0, 0.1) is 19.8 Å². The highest BCUT2D eigenvalue weighted by atomic mass is 16.5. The third-order valence-electron chi connectivity index (χ3n) is 6.05. The third-order valence-corrected chi connectivity index (χ3v) is 6.05. The average molecular weight is 412 g/mol. The number of nitrogens with zero attached hydrogens (tertiary/aromatic N) is 2. The molecule has 0 aliphatic rings. The Bertz CT molecular complexity index is 909. The van der Waals surface area contributed by atoms with Crippen molar-refractivity contribution in [2.75, 3.05) is 7.11 Å². The molecular weight excluding hydrogens is 378 g/mol. The van der Waals surface area contributed by atoms with Crippen molar-refractivity contribution in [2.24, 2.45) is 11.7 Å². The monoisotopic (exact) mass is 411 g/mol. The summed E-state index contributed by atoms with van der Waals surface area (Å²) >= 11 is 0. The number of hydrogen-bond donors (Lipinski definition) is 1. The Morgan fingerprint density at radius 2 is 1.77 bits per heavy atom. The summed E-state index contributed by atoms with van der Waals surface area (Å²) in [6, 6.07) is 8.29. The van der Waals surface area contributed by atoms with Crippen molar-refractivity contribution in [2.45, 2.75) is 65.7 Å². The largest absolute Gasteiger partial charge is 0.469 e. The van der Waals surface area contributed by atoms with Crippen LogP contribution in [0.15, 0.2) is 24.3 Å². The zero-order valence-corrected chi connectivity index (χ0v) is 18.9. The standard InChI is InChI=1S/C24H33N3O3/c1-7-24(5,13-12-15(2)14-20(28)30-6)19-10-8-18(9-11-19)21-16(3)26-17(4)22(27-21)23(25)29/h8-11,15H,7,12-14H2,1-6H3,(H2,25,29). The van der Waals surface area contributed by atoms with Crippen LogP contribution < -0.4 is 5.73 Å². The number of nitrogens with two attached hydrogens (primary N) is 1. The summed E-state index contributed by atoms with van der Waals surface area (Å²) < 4.78 is 4.78. The molecule has 0 spiro atoms. The predicted molar refractivity (Wildman–Crippen MR) is 118 cm³/mol. The van der Waals surface area contributed by atoms with Crippen molar-refractivity contribution in [3.05, 3.63) is 46.9 Å². The summed E-state index contributed by atoms with van der Waals surface area (Å²) in [5.41, 5.74) is 9.78. The van der Waals surface area contributed by atoms with Crippen molar-refractivity contribution in [1.82, 2.24) is 9.97 Å². The number of methoxy groups -OCH3 is 1. The summed E-state index contributed by atoms with van der Waals surface area (Å²) in [6.45, 7) is 10.2. The summed E-state index contributed by atoms with van der Waals surface area (Å²) in [4.78, 5) is 32.1. The number of ether oxygens (including phenoxy) is 1. The molecule has 0 aliphatic carbocycles. The highest BCUT2D eigenvalue weighted by molar-refractivity contribution is 5.92. The van der Waals surface area contributed by atoms with Gasteiger partial charge < -0.3 is 10.5 Å². The maximum atomic E-state index is 11.6. The van der Waals surface area contributed by atoms with E-state index < -0.39 is 5.91 Å². The average Bonchev–Trinajstić information content (AvgIpc) is 2.72. The predicted octanol–water partition coefficient (Wildman–Crippen LogP) is 4.51. The Morgan fingerprint density at radius 3 is 2.30 bits per heavy atom. The first kappa shape index (κ1) is 23.5. The zero-order chi connectivity index (χ0) is 22.5. The van der Waals surface area contributed by atoms with E-state index in [-0.39, 0.29) is 23.0 Å². The van der Waals surface area contributed by atoms with Gasteiger partial charge in [0.25, 0.3) is 5.91 Å². The summed E-state index contributed by atoms with van der Waals surface area (Å²) in [6.07, 6.45) is 3.37. The molecule has 2 atom stereocenters. The number of aromatic nitrogens is 2. The van der Waals surface area contributed by atoms with E-state index in [1.165, 1.54) is 12.7 Å². The first-order chi connectivity index (χ1) is 14.1. The Morgan fingerprint density at radius 1 is 1.13 bits per heavy atom. The fourth-order valence-electron chi connectivity index (χ4n) is 3.73. The first-order valence-electron chi connectivity index (χ1n) is 10.4. The molecule has 0 saturated carbocycles. The molecule has 30 heavy (non-hydrogen) atoms. The van der Waals surface area contributed by atoms with Crippen molar-refractivity contribution in [1.29, 1.82) is 0 Å². The SMILES string of the molecule is CCC(C)(CCC(C)CC(=O)OC)c1ccc(-c2nc(C(N)=O)c(C)nc2C)cc1. The molecule has 2 rings (SSSR count). The number of hydrogen-bond acceptors (Lipinski definition) is 5. The van der Waals surface area contributed by atoms with Crippen LogP contribution in [-0.4, -0.2) is 29.0 Å². The summed E-state index contributed by atoms with van der Waals surface area (Å²) in [5, 5.41) is 0. The van der Waals surface area contributed by atoms with Gasteiger partial charge in [0.05, 0.1) is 24.2 Å². The van der Waals surface area contributed by atoms with E-state index in [4.69, 9.17) is 10.5 Å². The van der Waals surface area contributed by atoms with Crippen molar-refractivity contribution < 1.29 is 14.3 Å². The van der Waals surface area contributed by atoms with Crippen LogP contribution >= 0.6 is 0 Å². The third kappa shape index (κ3) is 5.43. The van der Waals surface area contributed by atoms with E-state index in [2.05, 4.69) is 42.9 Å². The molecule has 0 fully saturated rings. The fourth-order valence-corrected chi connectivity index (χ4v) is 3.73. The molecule has 1 heterocycles. The van der Waals surface area contributed by atoms with Gasteiger partial charge in [0, 0.05) is 12.0 Å². The number of aryl methyl sites for hydroxylation is 2. The minimum Gasteiger partial charge on any atom is -0.469 e. The number of benzene rings is 1. The van der Waals surface area contributed by atoms with E-state index in [0.717, 1.165) is 30.5 Å². The molecule has 1 amide bonds. The Hall–Kier alpha value is -2.76. The van der Waals surface area contributed by atoms with Gasteiger partial charge in [0.15, 0.2) is 0 Å². The molecular formula is C24H33N3O3. The quantitative estimate of drug-likeness (QED) is 0.613. The maximum absolute atomic E-state index is 11.6. The highest BCUT2D eigenvalue weighted by Gasteiger charge is 2.26. The normalized spacial score (nSPS) is 14.1. The van der Waals surface area contributed by atoms with Gasteiger partial charge in [-0.25, -0.2) is 4.98 Å². The lowest BCUT2D eigenvalue weighted by atomic mass is 9.74. The van der Waals surface area contributed by atoms with Gasteiger partial charge in [-0.3, -0.25) is 14.6 Å². The fraction of sp³-hybridized carbons (Fsp3) is 0.500. The second-order valence-corrected chi connectivity index (χ2v) is 8.37. The Labute approximate surface area is 179 Å². The highest BCUT2D eigenvalue weighted by Crippen LogP contribution is 2.35. The smallest absolute Gasteiger partial charge is 0.305 e. The molecule has 6 nitrogen and oxygen atoms in total. The molecule has 0 bridgehead atoms. The van der Waals surface area contributed by atoms with Gasteiger partial charge in [0.1, 0.15) is 5.69 Å². The number of rotatable bonds is 9. The molecule has 6 heteroatoms. The van der Waals surface area contributed by atoms with E-state index in [0.29, 0.717) is 17.8 Å². The Balaban J connectivity index is 2.24. The first-order valence-corrected chi connectivity index (χ1v) is 10.4. The lowest BCUT2D eigenvalue weighted by Crippen LogP contribution is -2.22. The molecule has 162 valence electrons. The summed E-state index contributed by atoms with van der Waals surface area (Å²) in [5.74, 6) is -0.451. The molecule has 2 unspecified atom stereocenters. The van der Waals surface area contributed by atoms with Crippen molar-refractivity contribution >= 4 is 11.9 Å². The molecule has 2 N–H and O–H groups in total. The minimum absolute atomic E-state index is 0.00922. The zero-order valence-electron chi connectivity index (χ0n) is 18.9. The van der Waals surface area contributed by atoms with Gasteiger partial charge in [0.2, 0.25) is 0 Å². The molecule has 0 saturated heterocycles. The van der Waals surface area contributed by atoms with Crippen LogP contribution in [0.4, 0.5) is 0 Å². The molecule has 1 aromatic carbocycles. The van der Waals surface area contributed by atoms with Crippen LogP contribution in [0.5, 0.6) is 0 Å². The van der Waals surface area contributed by atoms with Gasteiger partial charge in [-0.15, -0.1) is 0 Å². The second kappa shape index (κ2) is 9.83. The number of carbonyl (C=O) groups is 2. The number of amides is 1. The van der Waals surface area contributed by atoms with E-state index in [9.17, 15) is 9.59 Å². The number of primary amides is 1. The van der Waals surface area contributed by atoms with E-state index >= 15 is 0 Å². The van der Waals surface area contributed by atoms with Crippen LogP contribution in [0.3, 0.4) is 0 Å². The molecule has 0 radical (unpaired) electrons. The topological polar surface area (TPSA) is 95.2 Å². The van der Waals surface area contributed by atoms with Crippen molar-refractivity contribution in [3.63, 3.8) is 0 Å². The van der Waals surface area contributed by atoms with E-state index in [1.54, 1.807) is 6.92 Å². The maximum Gasteiger partial charge on any atom is 0.305 e. The Kier molecular flexibility index (Phi) is 7.71. The van der Waals surface area contributed by atoms with Crippen LogP contribution in [0.25, 0.3) is 11.3 Å². The van der Waals surface area contributed by atoms with E-state index in [1.807, 2.05) is 19.1 Å². The minimum atomic E-state index is -0.572. The summed E-state index contributed by atoms with van der Waals surface area (Å²) in [7, 11) is 1.43. The second-order valence-electron chi connectivity index (χ2n) is 8.37. The van der Waals surface area contributed by atoms with Crippen molar-refractivity contribution in [3.8, 4) is 11.3 Å². The lowest BCUT2D eigenvalue weighted by molar-refractivity contribution is -0.141. The number of carbonyl (C=O) groups excluding carboxylic acids is 2. The van der Waals surface area contributed by atoms with Gasteiger partial charge >= 0.3 is 5.97 Å². The van der Waals surface area contributed by atoms with Crippen LogP contribution in [-0.2, 0) is 14.9 Å². The molecule has 2 aromatic rings. The van der Waals surface area contributed by atoms with Crippen LogP contribution in [0.2, 0.25) is 0 Å². The van der Waals surface area contributed by atoms with Crippen LogP contribution in [0.1, 0.15) is 73.9 Å². The molecule has 1 aromatic heterocycles. The lowest BCUT2D eigenvalue weighted by Gasteiger charge is -2.30. The van der Waals surface area contributed by atoms with Gasteiger partial charge in [-0.1, -0.05) is 45.0 Å². The number of esters is 1. The van der Waals surface area contributed by atoms with Gasteiger partial charge in [-0.2, -0.15) is 0 Å². The molecule has 0 aliphatic heterocycles.